The van der Waals surface area contributed by atoms with Crippen LogP contribution >= 0.6 is 0 Å². The largest absolute Gasteiger partial charge is 0.494 e. The molecule has 0 aliphatic heterocycles. The molecule has 0 spiro atoms. The Hall–Kier alpha value is -1.31. The zero-order chi connectivity index (χ0) is 10.9. The quantitative estimate of drug-likeness (QED) is 0.516. The van der Waals surface area contributed by atoms with Gasteiger partial charge in [-0.15, -0.1) is 0 Å². The molecule has 0 N–H and O–H groups in total. The fourth-order valence-corrected chi connectivity index (χ4v) is 1.27. The van der Waals surface area contributed by atoms with Crippen LogP contribution in [0.1, 0.15) is 32.3 Å². The number of ether oxygens (including phenoxy) is 1. The first-order chi connectivity index (χ1) is 7.36. The Morgan fingerprint density at radius 1 is 1.33 bits per heavy atom. The van der Waals surface area contributed by atoms with Gasteiger partial charge in [0.25, 0.3) is 0 Å². The van der Waals surface area contributed by atoms with Crippen LogP contribution in [-0.2, 0) is 0 Å². The summed E-state index contributed by atoms with van der Waals surface area (Å²) in [5.74, 6) is 0.914. The Bertz CT molecular complexity index is 307. The van der Waals surface area contributed by atoms with Crippen LogP contribution in [0, 0.1) is 0 Å². The minimum atomic E-state index is 0.705. The summed E-state index contributed by atoms with van der Waals surface area (Å²) < 4.78 is 5.41. The van der Waals surface area contributed by atoms with Crippen LogP contribution in [0.3, 0.4) is 0 Å². The number of benzene rings is 1. The van der Waals surface area contributed by atoms with E-state index in [0.29, 0.717) is 6.61 Å². The van der Waals surface area contributed by atoms with Crippen molar-refractivity contribution in [1.82, 2.24) is 0 Å². The lowest BCUT2D eigenvalue weighted by atomic mass is 10.2. The Morgan fingerprint density at radius 3 is 2.93 bits per heavy atom. The molecule has 0 aromatic heterocycles. The molecular formula is C13H19NO. The molecule has 15 heavy (non-hydrogen) atoms. The molecule has 0 saturated heterocycles. The molecule has 0 aliphatic carbocycles. The Morgan fingerprint density at radius 2 is 2.20 bits per heavy atom. The maximum atomic E-state index is 5.41. The number of nitrogens with zero attached hydrogens (tertiary/aromatic N) is 1. The molecular weight excluding hydrogens is 186 g/mol. The van der Waals surface area contributed by atoms with E-state index in [1.54, 1.807) is 0 Å². The molecule has 0 unspecified atom stereocenters. The van der Waals surface area contributed by atoms with Gasteiger partial charge in [-0.1, -0.05) is 25.5 Å². The van der Waals surface area contributed by atoms with Gasteiger partial charge in [-0.3, -0.25) is 4.99 Å². The monoisotopic (exact) mass is 205 g/mol. The van der Waals surface area contributed by atoms with Crippen molar-refractivity contribution in [3.63, 3.8) is 0 Å². The van der Waals surface area contributed by atoms with Crippen LogP contribution < -0.4 is 4.74 Å². The molecule has 1 aromatic rings. The van der Waals surface area contributed by atoms with Crippen molar-refractivity contribution in [2.45, 2.75) is 26.7 Å². The van der Waals surface area contributed by atoms with Crippen molar-refractivity contribution in [3.05, 3.63) is 29.8 Å². The standard InChI is InChI=1S/C13H19NO/c1-3-5-9-14-11-12-7-6-8-13(10-12)15-4-2/h6-8,10-11H,3-5,9H2,1-2H3. The lowest BCUT2D eigenvalue weighted by Gasteiger charge is -2.02. The highest BCUT2D eigenvalue weighted by Gasteiger charge is 1.92. The Labute approximate surface area is 92.0 Å². The van der Waals surface area contributed by atoms with Crippen molar-refractivity contribution < 1.29 is 4.74 Å². The van der Waals surface area contributed by atoms with Gasteiger partial charge in [0.1, 0.15) is 5.75 Å². The van der Waals surface area contributed by atoms with Crippen molar-refractivity contribution in [2.24, 2.45) is 4.99 Å². The third-order valence-corrected chi connectivity index (χ3v) is 2.05. The molecule has 1 rings (SSSR count). The van der Waals surface area contributed by atoms with E-state index in [0.717, 1.165) is 24.3 Å². The fraction of sp³-hybridized carbons (Fsp3) is 0.462. The van der Waals surface area contributed by atoms with E-state index >= 15 is 0 Å². The first kappa shape index (κ1) is 11.8. The summed E-state index contributed by atoms with van der Waals surface area (Å²) in [7, 11) is 0. The maximum Gasteiger partial charge on any atom is 0.119 e. The third-order valence-electron chi connectivity index (χ3n) is 2.05. The van der Waals surface area contributed by atoms with Gasteiger partial charge in [-0.05, 0) is 31.0 Å². The molecule has 1 aromatic carbocycles. The lowest BCUT2D eigenvalue weighted by molar-refractivity contribution is 0.340. The summed E-state index contributed by atoms with van der Waals surface area (Å²) >= 11 is 0. The van der Waals surface area contributed by atoms with E-state index in [2.05, 4.69) is 11.9 Å². The lowest BCUT2D eigenvalue weighted by Crippen LogP contribution is -1.92. The Kier molecular flexibility index (Phi) is 5.52. The average molecular weight is 205 g/mol. The zero-order valence-electron chi connectivity index (χ0n) is 9.57. The van der Waals surface area contributed by atoms with Gasteiger partial charge in [0.15, 0.2) is 0 Å². The van der Waals surface area contributed by atoms with E-state index in [-0.39, 0.29) is 0 Å². The summed E-state index contributed by atoms with van der Waals surface area (Å²) in [6.07, 6.45) is 4.26. The van der Waals surface area contributed by atoms with E-state index in [1.807, 2.05) is 37.4 Å². The van der Waals surface area contributed by atoms with Crippen LogP contribution in [0.2, 0.25) is 0 Å². The SMILES string of the molecule is CCCCN=Cc1cccc(OCC)c1. The van der Waals surface area contributed by atoms with Crippen molar-refractivity contribution >= 4 is 6.21 Å². The summed E-state index contributed by atoms with van der Waals surface area (Å²) in [5.41, 5.74) is 1.11. The third kappa shape index (κ3) is 4.63. The molecule has 0 bridgehead atoms. The second-order valence-corrected chi connectivity index (χ2v) is 3.39. The van der Waals surface area contributed by atoms with Crippen LogP contribution in [0.25, 0.3) is 0 Å². The van der Waals surface area contributed by atoms with Crippen molar-refractivity contribution in [2.75, 3.05) is 13.2 Å². The second kappa shape index (κ2) is 7.04. The predicted molar refractivity (Wildman–Crippen MR) is 65.0 cm³/mol. The highest BCUT2D eigenvalue weighted by Crippen LogP contribution is 2.11. The minimum absolute atomic E-state index is 0.705. The average Bonchev–Trinajstić information content (AvgIpc) is 2.26. The van der Waals surface area contributed by atoms with Gasteiger partial charge in [0.05, 0.1) is 6.61 Å². The summed E-state index contributed by atoms with van der Waals surface area (Å²) in [6, 6.07) is 8.01. The van der Waals surface area contributed by atoms with Gasteiger partial charge in [-0.25, -0.2) is 0 Å². The van der Waals surface area contributed by atoms with Gasteiger partial charge in [0.2, 0.25) is 0 Å². The topological polar surface area (TPSA) is 21.6 Å². The zero-order valence-corrected chi connectivity index (χ0v) is 9.57. The molecule has 0 amide bonds. The normalized spacial score (nSPS) is 10.8. The summed E-state index contributed by atoms with van der Waals surface area (Å²) in [6.45, 7) is 5.78. The highest BCUT2D eigenvalue weighted by molar-refractivity contribution is 5.80. The predicted octanol–water partition coefficient (Wildman–Crippen LogP) is 3.30. The molecule has 2 heteroatoms. The fourth-order valence-electron chi connectivity index (χ4n) is 1.27. The van der Waals surface area contributed by atoms with E-state index in [1.165, 1.54) is 6.42 Å². The summed E-state index contributed by atoms with van der Waals surface area (Å²) in [5, 5.41) is 0. The van der Waals surface area contributed by atoms with Crippen molar-refractivity contribution in [3.8, 4) is 5.75 Å². The Balaban J connectivity index is 2.53. The number of unbranched alkanes of at least 4 members (excludes halogenated alkanes) is 1. The molecule has 0 heterocycles. The smallest absolute Gasteiger partial charge is 0.119 e. The van der Waals surface area contributed by atoms with Crippen LogP contribution in [0.4, 0.5) is 0 Å². The number of hydrogen-bond acceptors (Lipinski definition) is 2. The molecule has 0 aliphatic rings. The van der Waals surface area contributed by atoms with Gasteiger partial charge < -0.3 is 4.74 Å². The number of rotatable bonds is 6. The number of hydrogen-bond donors (Lipinski definition) is 0. The molecule has 0 radical (unpaired) electrons. The minimum Gasteiger partial charge on any atom is -0.494 e. The van der Waals surface area contributed by atoms with Crippen LogP contribution in [-0.4, -0.2) is 19.4 Å². The molecule has 0 saturated carbocycles. The van der Waals surface area contributed by atoms with Crippen LogP contribution in [0.15, 0.2) is 29.3 Å². The van der Waals surface area contributed by atoms with Gasteiger partial charge in [-0.2, -0.15) is 0 Å². The van der Waals surface area contributed by atoms with Crippen LogP contribution in [0.5, 0.6) is 5.75 Å². The van der Waals surface area contributed by atoms with Gasteiger partial charge >= 0.3 is 0 Å². The first-order valence-electron chi connectivity index (χ1n) is 5.59. The van der Waals surface area contributed by atoms with E-state index < -0.39 is 0 Å². The second-order valence-electron chi connectivity index (χ2n) is 3.39. The maximum absolute atomic E-state index is 5.41. The van der Waals surface area contributed by atoms with E-state index in [9.17, 15) is 0 Å². The number of aliphatic imine (C=N–C) groups is 1. The molecule has 0 atom stereocenters. The van der Waals surface area contributed by atoms with Gasteiger partial charge in [0, 0.05) is 12.8 Å². The van der Waals surface area contributed by atoms with E-state index in [4.69, 9.17) is 4.74 Å². The molecule has 0 fully saturated rings. The highest BCUT2D eigenvalue weighted by atomic mass is 16.5. The molecule has 82 valence electrons. The molecule has 2 nitrogen and oxygen atoms in total. The van der Waals surface area contributed by atoms with Crippen molar-refractivity contribution in [1.29, 1.82) is 0 Å². The first-order valence-corrected chi connectivity index (χ1v) is 5.59. The summed E-state index contributed by atoms with van der Waals surface area (Å²) in [4.78, 5) is 4.35.